The molecule has 0 radical (unpaired) electrons. The molecule has 1 N–H and O–H groups in total. The van der Waals surface area contributed by atoms with Gasteiger partial charge in [-0.05, 0) is 82.8 Å². The van der Waals surface area contributed by atoms with Crippen LogP contribution in [0.3, 0.4) is 0 Å². The van der Waals surface area contributed by atoms with Crippen LogP contribution in [0, 0.1) is 10.8 Å². The van der Waals surface area contributed by atoms with Crippen molar-refractivity contribution in [1.29, 1.82) is 0 Å². The van der Waals surface area contributed by atoms with Crippen LogP contribution in [0.5, 0.6) is 5.75 Å². The van der Waals surface area contributed by atoms with E-state index in [0.717, 1.165) is 57.4 Å². The van der Waals surface area contributed by atoms with E-state index < -0.39 is 25.3 Å². The Labute approximate surface area is 283 Å². The Balaban J connectivity index is 1.77. The quantitative estimate of drug-likeness (QED) is 0.323. The Morgan fingerprint density at radius 3 is 1.94 bits per heavy atom. The first-order valence-electron chi connectivity index (χ1n) is 16.9. The van der Waals surface area contributed by atoms with E-state index in [2.05, 4.69) is 94.4 Å². The lowest BCUT2D eigenvalue weighted by molar-refractivity contribution is -0.136. The predicted molar refractivity (Wildman–Crippen MR) is 191 cm³/mol. The number of benzene rings is 1. The minimum absolute atomic E-state index is 0.0331. The summed E-state index contributed by atoms with van der Waals surface area (Å²) in [6.45, 7) is 28.9. The fraction of sp³-hybridized carbons (Fsp3) is 0.575. The molecule has 0 spiro atoms. The third kappa shape index (κ3) is 8.26. The van der Waals surface area contributed by atoms with Gasteiger partial charge < -0.3 is 14.2 Å². The third-order valence-electron chi connectivity index (χ3n) is 9.01. The zero-order chi connectivity index (χ0) is 35.5. The van der Waals surface area contributed by atoms with E-state index in [1.165, 1.54) is 5.57 Å². The maximum Gasteiger partial charge on any atom is 0.590 e. The van der Waals surface area contributed by atoms with Crippen LogP contribution >= 0.6 is 7.82 Å². The first kappa shape index (κ1) is 37.0. The van der Waals surface area contributed by atoms with Crippen molar-refractivity contribution in [3.05, 3.63) is 86.2 Å². The number of hydrogen-bond acceptors (Lipinski definition) is 6. The predicted octanol–water partition coefficient (Wildman–Crippen LogP) is 11.3. The molecule has 0 aromatic heterocycles. The van der Waals surface area contributed by atoms with E-state index in [9.17, 15) is 14.5 Å². The SMILES string of the molecule is CC1=C/C2=C3\CCC(C)=C\C3=C(/C(C)(C)C)OP(=O)(OC(=O)CCc3cc(C(C)(C)C)c(O)c(C(C)(C)C)c3)OC2C(C(C)(C)C)=C1. The molecule has 1 heterocycles. The summed E-state index contributed by atoms with van der Waals surface area (Å²) in [6, 6.07) is 3.91. The van der Waals surface area contributed by atoms with Gasteiger partial charge in [-0.2, -0.15) is 0 Å². The van der Waals surface area contributed by atoms with Crippen LogP contribution in [0.25, 0.3) is 0 Å². The number of aromatic hydroxyl groups is 1. The first-order valence-corrected chi connectivity index (χ1v) is 18.4. The highest BCUT2D eigenvalue weighted by Gasteiger charge is 2.47. The Kier molecular flexibility index (Phi) is 9.90. The van der Waals surface area contributed by atoms with E-state index in [0.29, 0.717) is 12.2 Å². The molecule has 7 heteroatoms. The maximum absolute atomic E-state index is 14.8. The van der Waals surface area contributed by atoms with Crippen LogP contribution in [0.2, 0.25) is 0 Å². The van der Waals surface area contributed by atoms with E-state index in [1.54, 1.807) is 0 Å². The van der Waals surface area contributed by atoms with E-state index >= 15 is 0 Å². The molecule has 47 heavy (non-hydrogen) atoms. The largest absolute Gasteiger partial charge is 0.590 e. The Bertz CT molecular complexity index is 1620. The van der Waals surface area contributed by atoms with Crippen molar-refractivity contribution in [1.82, 2.24) is 0 Å². The summed E-state index contributed by atoms with van der Waals surface area (Å²) in [5.41, 5.74) is 7.29. The smallest absolute Gasteiger partial charge is 0.507 e. The highest BCUT2D eigenvalue weighted by molar-refractivity contribution is 7.49. The zero-order valence-corrected chi connectivity index (χ0v) is 32.1. The van der Waals surface area contributed by atoms with Crippen molar-refractivity contribution in [2.45, 2.75) is 140 Å². The van der Waals surface area contributed by atoms with Crippen LogP contribution in [-0.4, -0.2) is 17.2 Å². The van der Waals surface area contributed by atoms with Crippen molar-refractivity contribution >= 4 is 13.8 Å². The number of aryl methyl sites for hydroxylation is 1. The Morgan fingerprint density at radius 2 is 1.43 bits per heavy atom. The first-order chi connectivity index (χ1) is 21.3. The minimum atomic E-state index is -4.47. The summed E-state index contributed by atoms with van der Waals surface area (Å²) in [5, 5.41) is 11.2. The van der Waals surface area contributed by atoms with Gasteiger partial charge in [0.25, 0.3) is 0 Å². The van der Waals surface area contributed by atoms with E-state index in [1.807, 2.05) is 32.9 Å². The third-order valence-corrected chi connectivity index (χ3v) is 10.3. The number of carbonyl (C=O) groups excluding carboxylic acids is 1. The molecule has 1 aromatic rings. The monoisotopic (exact) mass is 664 g/mol. The van der Waals surface area contributed by atoms with Gasteiger partial charge in [-0.25, -0.2) is 4.57 Å². The molecular weight excluding hydrogens is 607 g/mol. The molecule has 1 aliphatic heterocycles. The highest BCUT2D eigenvalue weighted by Crippen LogP contribution is 2.61. The van der Waals surface area contributed by atoms with Crippen molar-refractivity contribution in [3.63, 3.8) is 0 Å². The maximum atomic E-state index is 14.8. The van der Waals surface area contributed by atoms with Crippen LogP contribution < -0.4 is 0 Å². The molecule has 2 aliphatic carbocycles. The Morgan fingerprint density at radius 1 is 0.851 bits per heavy atom. The van der Waals surface area contributed by atoms with Crippen LogP contribution in [0.1, 0.15) is 133 Å². The van der Waals surface area contributed by atoms with Gasteiger partial charge in [0.1, 0.15) is 17.6 Å². The second kappa shape index (κ2) is 12.6. The summed E-state index contributed by atoms with van der Waals surface area (Å²) in [4.78, 5) is 13.6. The van der Waals surface area contributed by atoms with Crippen molar-refractivity contribution in [2.75, 3.05) is 0 Å². The molecule has 0 amide bonds. The fourth-order valence-electron chi connectivity index (χ4n) is 6.48. The number of hydrogen-bond donors (Lipinski definition) is 1. The molecule has 2 atom stereocenters. The fourth-order valence-corrected chi connectivity index (χ4v) is 8.02. The molecule has 2 unspecified atom stereocenters. The number of phenols is 1. The van der Waals surface area contributed by atoms with Crippen LogP contribution in [-0.2, 0) is 40.2 Å². The topological polar surface area (TPSA) is 82.1 Å². The van der Waals surface area contributed by atoms with Gasteiger partial charge in [0.05, 0.1) is 0 Å². The lowest BCUT2D eigenvalue weighted by atomic mass is 9.73. The number of fused-ring (bicyclic) bond motifs is 2. The van der Waals surface area contributed by atoms with Gasteiger partial charge in [-0.15, -0.1) is 0 Å². The second-order valence-electron chi connectivity index (χ2n) is 17.7. The van der Waals surface area contributed by atoms with Gasteiger partial charge in [0, 0.05) is 17.4 Å². The average molecular weight is 665 g/mol. The molecule has 4 rings (SSSR count). The molecule has 1 aromatic carbocycles. The lowest BCUT2D eigenvalue weighted by Crippen LogP contribution is -2.32. The van der Waals surface area contributed by atoms with Crippen molar-refractivity contribution in [3.8, 4) is 5.75 Å². The number of phosphoric ester groups is 1. The molecule has 3 aliphatic rings. The number of phenolic OH excluding ortho intramolecular Hbond substituents is 1. The molecule has 6 nitrogen and oxygen atoms in total. The van der Waals surface area contributed by atoms with E-state index in [-0.39, 0.29) is 28.4 Å². The number of phosphoric acid groups is 1. The molecular formula is C40H57O6P. The summed E-state index contributed by atoms with van der Waals surface area (Å²) < 4.78 is 33.5. The standard InChI is InChI=1S/C40H57O6P/c1-24-15-17-27-28-20-25(2)21-32(39(9,10)11)35(28)45-47(43,46-36(29(27)19-24)40(12,13)14)44-33(41)18-16-26-22-30(37(3,4)5)34(42)31(23-26)38(6,7)8/h19-23,35,42H,15-18H2,1-14H3/b28-27-,36-29-. The molecule has 0 saturated heterocycles. The van der Waals surface area contributed by atoms with E-state index in [4.69, 9.17) is 13.6 Å². The molecule has 0 fully saturated rings. The second-order valence-corrected chi connectivity index (χ2v) is 19.2. The van der Waals surface area contributed by atoms with Gasteiger partial charge in [-0.1, -0.05) is 125 Å². The van der Waals surface area contributed by atoms with Crippen LogP contribution in [0.4, 0.5) is 0 Å². The molecule has 0 bridgehead atoms. The minimum Gasteiger partial charge on any atom is -0.507 e. The van der Waals surface area contributed by atoms with Crippen molar-refractivity contribution < 1.29 is 28.0 Å². The lowest BCUT2D eigenvalue weighted by Gasteiger charge is -2.40. The normalized spacial score (nSPS) is 25.7. The number of allylic oxidation sites excluding steroid dienone is 7. The number of rotatable bonds is 4. The summed E-state index contributed by atoms with van der Waals surface area (Å²) >= 11 is 0. The highest BCUT2D eigenvalue weighted by atomic mass is 31.2. The Hall–Kier alpha value is -2.82. The van der Waals surface area contributed by atoms with Crippen LogP contribution in [0.15, 0.2) is 69.6 Å². The van der Waals surface area contributed by atoms with Gasteiger partial charge in [0.15, 0.2) is 0 Å². The summed E-state index contributed by atoms with van der Waals surface area (Å²) in [7, 11) is -4.47. The van der Waals surface area contributed by atoms with Gasteiger partial charge in [-0.3, -0.25) is 9.32 Å². The molecule has 258 valence electrons. The van der Waals surface area contributed by atoms with Crippen molar-refractivity contribution in [2.24, 2.45) is 10.8 Å². The zero-order valence-electron chi connectivity index (χ0n) is 31.2. The number of carbonyl (C=O) groups is 1. The van der Waals surface area contributed by atoms with Gasteiger partial charge >= 0.3 is 13.8 Å². The molecule has 0 saturated carbocycles. The summed E-state index contributed by atoms with van der Waals surface area (Å²) in [5.74, 6) is 0.115. The van der Waals surface area contributed by atoms with Gasteiger partial charge in [0.2, 0.25) is 0 Å². The summed E-state index contributed by atoms with van der Waals surface area (Å²) in [6.07, 6.45) is 7.66. The average Bonchev–Trinajstić information content (AvgIpc) is 2.89.